The Labute approximate surface area is 151 Å². The molecule has 0 heterocycles. The summed E-state index contributed by atoms with van der Waals surface area (Å²) in [7, 11) is 0. The van der Waals surface area contributed by atoms with Crippen molar-refractivity contribution in [1.82, 2.24) is 5.43 Å². The first-order valence-electron chi connectivity index (χ1n) is 7.91. The van der Waals surface area contributed by atoms with E-state index < -0.39 is 0 Å². The van der Waals surface area contributed by atoms with Crippen molar-refractivity contribution in [3.05, 3.63) is 94.8 Å². The number of nitrogens with one attached hydrogen (secondary N) is 2. The molecule has 128 valence electrons. The SMILES string of the molecule is Fc1ccc(COc2ccccc2CNNc2ccccc2)c(Cl)c1. The Bertz CT molecular complexity index is 827. The van der Waals surface area contributed by atoms with Crippen LogP contribution in [-0.2, 0) is 13.2 Å². The van der Waals surface area contributed by atoms with Crippen LogP contribution in [0.25, 0.3) is 0 Å². The van der Waals surface area contributed by atoms with E-state index >= 15 is 0 Å². The van der Waals surface area contributed by atoms with Gasteiger partial charge in [0.2, 0.25) is 0 Å². The topological polar surface area (TPSA) is 33.3 Å². The van der Waals surface area contributed by atoms with Crippen molar-refractivity contribution < 1.29 is 9.13 Å². The lowest BCUT2D eigenvalue weighted by molar-refractivity contribution is 0.302. The normalized spacial score (nSPS) is 10.5. The molecule has 3 rings (SSSR count). The van der Waals surface area contributed by atoms with Crippen LogP contribution in [0.15, 0.2) is 72.8 Å². The first-order chi connectivity index (χ1) is 12.2. The maximum absolute atomic E-state index is 13.1. The summed E-state index contributed by atoms with van der Waals surface area (Å²) in [5.74, 6) is 0.399. The van der Waals surface area contributed by atoms with Gasteiger partial charge < -0.3 is 10.2 Å². The molecule has 0 unspecified atom stereocenters. The summed E-state index contributed by atoms with van der Waals surface area (Å²) in [6.45, 7) is 0.866. The summed E-state index contributed by atoms with van der Waals surface area (Å²) in [6.07, 6.45) is 0. The number of ether oxygens (including phenoxy) is 1. The maximum atomic E-state index is 13.1. The molecule has 0 aliphatic carbocycles. The van der Waals surface area contributed by atoms with Crippen LogP contribution in [-0.4, -0.2) is 0 Å². The van der Waals surface area contributed by atoms with E-state index in [1.165, 1.54) is 12.1 Å². The molecular formula is C20H18ClFN2O. The fourth-order valence-electron chi connectivity index (χ4n) is 2.35. The van der Waals surface area contributed by atoms with Gasteiger partial charge in [0.15, 0.2) is 0 Å². The van der Waals surface area contributed by atoms with E-state index in [1.807, 2.05) is 54.6 Å². The molecule has 2 N–H and O–H groups in total. The van der Waals surface area contributed by atoms with E-state index in [1.54, 1.807) is 6.07 Å². The van der Waals surface area contributed by atoms with Crippen LogP contribution in [0, 0.1) is 5.82 Å². The zero-order valence-electron chi connectivity index (χ0n) is 13.5. The summed E-state index contributed by atoms with van der Waals surface area (Å²) in [6, 6.07) is 21.9. The van der Waals surface area contributed by atoms with Gasteiger partial charge in [0.05, 0.1) is 5.02 Å². The Morgan fingerprint density at radius 2 is 1.64 bits per heavy atom. The smallest absolute Gasteiger partial charge is 0.124 e. The average Bonchev–Trinajstić information content (AvgIpc) is 2.63. The molecule has 0 fully saturated rings. The highest BCUT2D eigenvalue weighted by atomic mass is 35.5. The monoisotopic (exact) mass is 356 g/mol. The number of para-hydroxylation sites is 2. The molecule has 0 saturated heterocycles. The van der Waals surface area contributed by atoms with E-state index in [9.17, 15) is 4.39 Å². The predicted octanol–water partition coefficient (Wildman–Crippen LogP) is 5.17. The third kappa shape index (κ3) is 4.95. The molecular weight excluding hydrogens is 339 g/mol. The van der Waals surface area contributed by atoms with Gasteiger partial charge in [-0.25, -0.2) is 9.82 Å². The van der Waals surface area contributed by atoms with E-state index in [0.29, 0.717) is 11.6 Å². The van der Waals surface area contributed by atoms with Gasteiger partial charge in [0, 0.05) is 23.4 Å². The third-order valence-corrected chi connectivity index (χ3v) is 4.01. The van der Waals surface area contributed by atoms with Gasteiger partial charge in [-0.3, -0.25) is 0 Å². The summed E-state index contributed by atoms with van der Waals surface area (Å²) in [5, 5.41) is 0.362. The number of benzene rings is 3. The van der Waals surface area contributed by atoms with E-state index in [2.05, 4.69) is 10.9 Å². The highest BCUT2D eigenvalue weighted by Crippen LogP contribution is 2.22. The quantitative estimate of drug-likeness (QED) is 0.572. The molecule has 0 spiro atoms. The van der Waals surface area contributed by atoms with Gasteiger partial charge in [-0.1, -0.05) is 54.1 Å². The first-order valence-corrected chi connectivity index (χ1v) is 8.29. The van der Waals surface area contributed by atoms with Gasteiger partial charge in [-0.05, 0) is 30.3 Å². The summed E-state index contributed by atoms with van der Waals surface area (Å²) in [5.41, 5.74) is 9.04. The van der Waals surface area contributed by atoms with Gasteiger partial charge in [-0.15, -0.1) is 0 Å². The highest BCUT2D eigenvalue weighted by Gasteiger charge is 2.06. The average molecular weight is 357 g/mol. The van der Waals surface area contributed by atoms with Crippen molar-refractivity contribution in [2.24, 2.45) is 0 Å². The number of halogens is 2. The van der Waals surface area contributed by atoms with Crippen LogP contribution in [0.2, 0.25) is 5.02 Å². The lowest BCUT2D eigenvalue weighted by Gasteiger charge is -2.14. The van der Waals surface area contributed by atoms with Crippen molar-refractivity contribution in [1.29, 1.82) is 0 Å². The van der Waals surface area contributed by atoms with Crippen LogP contribution in [0.3, 0.4) is 0 Å². The second-order valence-corrected chi connectivity index (χ2v) is 5.88. The number of hydrogen-bond acceptors (Lipinski definition) is 3. The summed E-state index contributed by atoms with van der Waals surface area (Å²) in [4.78, 5) is 0. The molecule has 3 aromatic rings. The fraction of sp³-hybridized carbons (Fsp3) is 0.100. The van der Waals surface area contributed by atoms with Crippen molar-refractivity contribution >= 4 is 17.3 Å². The molecule has 0 radical (unpaired) electrons. The van der Waals surface area contributed by atoms with Gasteiger partial charge in [0.25, 0.3) is 0 Å². The molecule has 0 bridgehead atoms. The van der Waals surface area contributed by atoms with Crippen molar-refractivity contribution in [3.63, 3.8) is 0 Å². The van der Waals surface area contributed by atoms with Gasteiger partial charge in [-0.2, -0.15) is 0 Å². The standard InChI is InChI=1S/C20H18ClFN2O/c21-19-12-17(22)11-10-16(19)14-25-20-9-5-4-6-15(20)13-23-24-18-7-2-1-3-8-18/h1-12,23-24H,13-14H2. The minimum absolute atomic E-state index is 0.280. The second-order valence-electron chi connectivity index (χ2n) is 5.48. The zero-order chi connectivity index (χ0) is 17.5. The maximum Gasteiger partial charge on any atom is 0.124 e. The van der Waals surface area contributed by atoms with Crippen LogP contribution < -0.4 is 15.6 Å². The van der Waals surface area contributed by atoms with E-state index in [0.717, 1.165) is 22.6 Å². The van der Waals surface area contributed by atoms with Crippen LogP contribution in [0.1, 0.15) is 11.1 Å². The number of anilines is 1. The Kier molecular flexibility index (Phi) is 5.88. The Morgan fingerprint density at radius 1 is 0.880 bits per heavy atom. The van der Waals surface area contributed by atoms with E-state index in [4.69, 9.17) is 16.3 Å². The number of hydrogen-bond donors (Lipinski definition) is 2. The third-order valence-electron chi connectivity index (χ3n) is 3.66. The number of hydrazine groups is 1. The van der Waals surface area contributed by atoms with E-state index in [-0.39, 0.29) is 12.4 Å². The Balaban J connectivity index is 1.60. The first kappa shape index (κ1) is 17.3. The minimum Gasteiger partial charge on any atom is -0.489 e. The largest absolute Gasteiger partial charge is 0.489 e. The molecule has 3 aromatic carbocycles. The molecule has 3 nitrogen and oxygen atoms in total. The number of rotatable bonds is 7. The van der Waals surface area contributed by atoms with Crippen molar-refractivity contribution in [3.8, 4) is 5.75 Å². The Hall–Kier alpha value is -2.56. The van der Waals surface area contributed by atoms with Crippen molar-refractivity contribution in [2.45, 2.75) is 13.2 Å². The lowest BCUT2D eigenvalue weighted by atomic mass is 10.2. The second kappa shape index (κ2) is 8.51. The van der Waals surface area contributed by atoms with Crippen LogP contribution >= 0.6 is 11.6 Å². The summed E-state index contributed by atoms with van der Waals surface area (Å²) >= 11 is 6.04. The molecule has 0 amide bonds. The van der Waals surface area contributed by atoms with Gasteiger partial charge >= 0.3 is 0 Å². The highest BCUT2D eigenvalue weighted by molar-refractivity contribution is 6.31. The summed E-state index contributed by atoms with van der Waals surface area (Å²) < 4.78 is 19.0. The Morgan fingerprint density at radius 3 is 2.44 bits per heavy atom. The molecule has 5 heteroatoms. The van der Waals surface area contributed by atoms with Crippen LogP contribution in [0.5, 0.6) is 5.75 Å². The molecule has 0 aromatic heterocycles. The molecule has 0 aliphatic heterocycles. The fourth-order valence-corrected chi connectivity index (χ4v) is 2.57. The van der Waals surface area contributed by atoms with Crippen LogP contribution in [0.4, 0.5) is 10.1 Å². The molecule has 0 aliphatic rings. The molecule has 0 atom stereocenters. The predicted molar refractivity (Wildman–Crippen MR) is 99.1 cm³/mol. The lowest BCUT2D eigenvalue weighted by Crippen LogP contribution is -2.21. The molecule has 0 saturated carbocycles. The van der Waals surface area contributed by atoms with Crippen molar-refractivity contribution in [2.75, 3.05) is 5.43 Å². The minimum atomic E-state index is -0.356. The molecule has 25 heavy (non-hydrogen) atoms. The van der Waals surface area contributed by atoms with Gasteiger partial charge in [0.1, 0.15) is 18.2 Å². The zero-order valence-corrected chi connectivity index (χ0v) is 14.3.